The second-order valence-corrected chi connectivity index (χ2v) is 6.64. The maximum absolute atomic E-state index is 14.1. The maximum Gasteiger partial charge on any atom is 0.224 e. The molecule has 0 aliphatic carbocycles. The van der Waals surface area contributed by atoms with Crippen LogP contribution in [0, 0.1) is 11.6 Å². The van der Waals surface area contributed by atoms with Crippen molar-refractivity contribution in [2.75, 3.05) is 7.11 Å². The molecular formula is C23H15F2N2O2+. The minimum Gasteiger partial charge on any atom is -0.494 e. The molecule has 1 aromatic heterocycles. The summed E-state index contributed by atoms with van der Waals surface area (Å²) in [7, 11) is 1.42. The first-order valence-corrected chi connectivity index (χ1v) is 8.98. The highest BCUT2D eigenvalue weighted by Crippen LogP contribution is 2.32. The highest BCUT2D eigenvalue weighted by molar-refractivity contribution is 6.10. The quantitative estimate of drug-likeness (QED) is 0.436. The van der Waals surface area contributed by atoms with Crippen molar-refractivity contribution in [3.8, 4) is 17.1 Å². The van der Waals surface area contributed by atoms with Crippen LogP contribution in [0.25, 0.3) is 22.2 Å². The molecule has 0 bridgehead atoms. The lowest BCUT2D eigenvalue weighted by Crippen LogP contribution is -2.19. The van der Waals surface area contributed by atoms with Gasteiger partial charge < -0.3 is 9.26 Å². The zero-order chi connectivity index (χ0) is 20.0. The normalized spacial score (nSPS) is 13.1. The van der Waals surface area contributed by atoms with Gasteiger partial charge in [-0.2, -0.15) is 4.58 Å². The first-order chi connectivity index (χ1) is 14.1. The van der Waals surface area contributed by atoms with Gasteiger partial charge in [-0.15, -0.1) is 0 Å². The summed E-state index contributed by atoms with van der Waals surface area (Å²) in [6, 6.07) is 16.7. The minimum absolute atomic E-state index is 0.170. The number of methoxy groups -OCH3 is 1. The van der Waals surface area contributed by atoms with E-state index < -0.39 is 5.82 Å². The Morgan fingerprint density at radius 1 is 0.931 bits per heavy atom. The van der Waals surface area contributed by atoms with Gasteiger partial charge in [0.1, 0.15) is 11.3 Å². The molecule has 2 heterocycles. The van der Waals surface area contributed by atoms with Crippen LogP contribution in [0.5, 0.6) is 5.75 Å². The number of halogens is 2. The summed E-state index contributed by atoms with van der Waals surface area (Å²) >= 11 is 0. The van der Waals surface area contributed by atoms with Crippen molar-refractivity contribution < 1.29 is 22.6 Å². The molecule has 1 aliphatic heterocycles. The van der Waals surface area contributed by atoms with Crippen LogP contribution in [-0.4, -0.2) is 22.6 Å². The third-order valence-electron chi connectivity index (χ3n) is 4.93. The second kappa shape index (κ2) is 6.67. The summed E-state index contributed by atoms with van der Waals surface area (Å²) in [5.74, 6) is -0.0875. The molecule has 0 atom stereocenters. The van der Waals surface area contributed by atoms with Crippen molar-refractivity contribution in [2.45, 2.75) is 0 Å². The van der Waals surface area contributed by atoms with E-state index >= 15 is 0 Å². The van der Waals surface area contributed by atoms with Crippen molar-refractivity contribution in [3.05, 3.63) is 90.1 Å². The van der Waals surface area contributed by atoms with E-state index in [1.54, 1.807) is 24.3 Å². The molecule has 29 heavy (non-hydrogen) atoms. The minimum atomic E-state index is -0.468. The Labute approximate surface area is 165 Å². The fraction of sp³-hybridized carbons (Fsp3) is 0.0435. The fourth-order valence-corrected chi connectivity index (χ4v) is 3.40. The van der Waals surface area contributed by atoms with Gasteiger partial charge in [0.25, 0.3) is 0 Å². The Hall–Kier alpha value is -3.80. The van der Waals surface area contributed by atoms with E-state index in [0.717, 1.165) is 22.3 Å². The molecule has 0 radical (unpaired) electrons. The van der Waals surface area contributed by atoms with Crippen molar-refractivity contribution in [3.63, 3.8) is 0 Å². The largest absolute Gasteiger partial charge is 0.494 e. The van der Waals surface area contributed by atoms with E-state index in [1.807, 2.05) is 35.1 Å². The third kappa shape index (κ3) is 2.89. The van der Waals surface area contributed by atoms with Gasteiger partial charge >= 0.3 is 0 Å². The number of fused-ring (bicyclic) bond motifs is 1. The Bertz CT molecular complexity index is 1300. The molecule has 3 aromatic carbocycles. The van der Waals surface area contributed by atoms with Crippen LogP contribution in [0.2, 0.25) is 0 Å². The topological polar surface area (TPSA) is 38.3 Å². The van der Waals surface area contributed by atoms with Crippen LogP contribution in [0.15, 0.2) is 77.5 Å². The summed E-state index contributed by atoms with van der Waals surface area (Å²) < 4.78 is 39.8. The Kier molecular flexibility index (Phi) is 3.98. The number of benzene rings is 3. The Balaban J connectivity index is 1.59. The predicted octanol–water partition coefficient (Wildman–Crippen LogP) is 5.44. The maximum atomic E-state index is 14.1. The number of aromatic nitrogens is 1. The van der Waals surface area contributed by atoms with Gasteiger partial charge in [0, 0.05) is 23.3 Å². The van der Waals surface area contributed by atoms with Crippen molar-refractivity contribution in [1.82, 2.24) is 5.16 Å². The standard InChI is InChI=1S/C23H15F2N2O2/c1-28-22-9-3-15(13-19(22)25)23-18-12-14(2-8-20(18)26-29-23)21-10-11-27(21)17-6-4-16(24)5-7-17/h2-13H,1H3/q+1. The molecule has 1 aliphatic rings. The number of rotatable bonds is 4. The van der Waals surface area contributed by atoms with Crippen LogP contribution in [0.1, 0.15) is 5.56 Å². The molecular weight excluding hydrogens is 374 g/mol. The lowest BCUT2D eigenvalue weighted by Gasteiger charge is -2.09. The highest BCUT2D eigenvalue weighted by atomic mass is 19.1. The molecule has 0 spiro atoms. The Morgan fingerprint density at radius 2 is 1.72 bits per heavy atom. The number of hydrogen-bond acceptors (Lipinski definition) is 3. The monoisotopic (exact) mass is 389 g/mol. The van der Waals surface area contributed by atoms with E-state index in [4.69, 9.17) is 9.26 Å². The first-order valence-electron chi connectivity index (χ1n) is 8.98. The molecule has 0 unspecified atom stereocenters. The average Bonchev–Trinajstić information content (AvgIpc) is 3.12. The van der Waals surface area contributed by atoms with Gasteiger partial charge in [-0.3, -0.25) is 0 Å². The van der Waals surface area contributed by atoms with E-state index in [2.05, 4.69) is 5.16 Å². The zero-order valence-corrected chi connectivity index (χ0v) is 15.4. The van der Waals surface area contributed by atoms with Gasteiger partial charge in [0.15, 0.2) is 23.5 Å². The summed E-state index contributed by atoms with van der Waals surface area (Å²) in [5.41, 5.74) is 4.03. The first kappa shape index (κ1) is 17.3. The number of allylic oxidation sites excluding steroid dienone is 1. The van der Waals surface area contributed by atoms with E-state index in [-0.39, 0.29) is 11.6 Å². The van der Waals surface area contributed by atoms with Crippen molar-refractivity contribution in [2.24, 2.45) is 0 Å². The van der Waals surface area contributed by atoms with Gasteiger partial charge in [-0.25, -0.2) is 8.78 Å². The molecule has 4 aromatic rings. The molecule has 5 rings (SSSR count). The van der Waals surface area contributed by atoms with Crippen molar-refractivity contribution >= 4 is 22.3 Å². The zero-order valence-electron chi connectivity index (χ0n) is 15.4. The molecule has 142 valence electrons. The number of ether oxygens (including phenoxy) is 1. The molecule has 0 N–H and O–H groups in total. The molecule has 0 saturated heterocycles. The van der Waals surface area contributed by atoms with Crippen LogP contribution < -0.4 is 4.74 Å². The molecule has 6 heteroatoms. The highest BCUT2D eigenvalue weighted by Gasteiger charge is 2.25. The summed E-state index contributed by atoms with van der Waals surface area (Å²) in [5, 5.41) is 4.86. The SMILES string of the molecule is COc1ccc(-c2onc3ccc(C4=[N+](c5ccc(F)cc5)C=C4)cc23)cc1F. The van der Waals surface area contributed by atoms with Crippen molar-refractivity contribution in [1.29, 1.82) is 0 Å². The van der Waals surface area contributed by atoms with E-state index in [1.165, 1.54) is 25.3 Å². The van der Waals surface area contributed by atoms with Crippen LogP contribution in [0.4, 0.5) is 14.5 Å². The van der Waals surface area contributed by atoms with Gasteiger partial charge in [0.05, 0.1) is 18.6 Å². The molecule has 0 fully saturated rings. The summed E-state index contributed by atoms with van der Waals surface area (Å²) in [6.45, 7) is 0. The summed E-state index contributed by atoms with van der Waals surface area (Å²) in [6.07, 6.45) is 3.89. The third-order valence-corrected chi connectivity index (χ3v) is 4.93. The summed E-state index contributed by atoms with van der Waals surface area (Å²) in [4.78, 5) is 0. The van der Waals surface area contributed by atoms with E-state index in [0.29, 0.717) is 16.8 Å². The number of hydrogen-bond donors (Lipinski definition) is 0. The molecule has 0 amide bonds. The van der Waals surface area contributed by atoms with Crippen LogP contribution >= 0.6 is 0 Å². The predicted molar refractivity (Wildman–Crippen MR) is 106 cm³/mol. The lowest BCUT2D eigenvalue weighted by molar-refractivity contribution is -0.370. The Morgan fingerprint density at radius 3 is 2.41 bits per heavy atom. The number of nitrogens with zero attached hydrogens (tertiary/aromatic N) is 2. The van der Waals surface area contributed by atoms with Gasteiger partial charge in [-0.05, 0) is 48.5 Å². The lowest BCUT2D eigenvalue weighted by atomic mass is 10.0. The average molecular weight is 389 g/mol. The molecule has 4 nitrogen and oxygen atoms in total. The molecule has 0 saturated carbocycles. The fourth-order valence-electron chi connectivity index (χ4n) is 3.40. The second-order valence-electron chi connectivity index (χ2n) is 6.64. The van der Waals surface area contributed by atoms with E-state index in [9.17, 15) is 8.78 Å². The van der Waals surface area contributed by atoms with Crippen LogP contribution in [0.3, 0.4) is 0 Å². The van der Waals surface area contributed by atoms with Gasteiger partial charge in [0.2, 0.25) is 11.4 Å². The van der Waals surface area contributed by atoms with Crippen LogP contribution in [-0.2, 0) is 0 Å². The van der Waals surface area contributed by atoms with Gasteiger partial charge in [-0.1, -0.05) is 5.16 Å². The smallest absolute Gasteiger partial charge is 0.224 e.